The molecule has 134 valence electrons. The van der Waals surface area contributed by atoms with Gasteiger partial charge in [-0.05, 0) is 18.2 Å². The maximum atomic E-state index is 13.6. The molecule has 0 aliphatic heterocycles. The van der Waals surface area contributed by atoms with Crippen LogP contribution in [-0.4, -0.2) is 18.1 Å². The Hall–Kier alpha value is -2.71. The fourth-order valence-electron chi connectivity index (χ4n) is 1.98. The largest absolute Gasteiger partial charge is 0.465 e. The molecule has 0 aliphatic rings. The zero-order valence-electron chi connectivity index (χ0n) is 13.0. The van der Waals surface area contributed by atoms with Crippen LogP contribution in [0.25, 0.3) is 0 Å². The van der Waals surface area contributed by atoms with Crippen LogP contribution in [0.15, 0.2) is 36.4 Å². The molecule has 0 unspecified atom stereocenters. The van der Waals surface area contributed by atoms with Gasteiger partial charge in [0.05, 0.1) is 12.7 Å². The lowest BCUT2D eigenvalue weighted by Crippen LogP contribution is -2.21. The molecule has 0 radical (unpaired) electrons. The van der Waals surface area contributed by atoms with E-state index in [0.717, 1.165) is 7.11 Å². The molecular formula is C16H12F5NO3. The van der Waals surface area contributed by atoms with Crippen LogP contribution in [0, 0.1) is 0 Å². The van der Waals surface area contributed by atoms with Crippen molar-refractivity contribution in [3.05, 3.63) is 53.2 Å². The summed E-state index contributed by atoms with van der Waals surface area (Å²) in [5.41, 5.74) is -3.99. The fourth-order valence-corrected chi connectivity index (χ4v) is 1.98. The van der Waals surface area contributed by atoms with Crippen molar-refractivity contribution in [3.63, 3.8) is 0 Å². The van der Waals surface area contributed by atoms with Crippen molar-refractivity contribution in [1.82, 2.24) is 4.98 Å². The van der Waals surface area contributed by atoms with Crippen molar-refractivity contribution >= 4 is 5.97 Å². The van der Waals surface area contributed by atoms with Gasteiger partial charge in [-0.1, -0.05) is 18.2 Å². The highest BCUT2D eigenvalue weighted by Crippen LogP contribution is 2.41. The lowest BCUT2D eigenvalue weighted by atomic mass is 10.1. The van der Waals surface area contributed by atoms with Gasteiger partial charge in [0.15, 0.2) is 0 Å². The Morgan fingerprint density at radius 2 is 1.68 bits per heavy atom. The summed E-state index contributed by atoms with van der Waals surface area (Å²) in [7, 11) is 0.935. The van der Waals surface area contributed by atoms with Crippen molar-refractivity contribution < 1.29 is 36.2 Å². The minimum absolute atomic E-state index is 0.102. The highest BCUT2D eigenvalue weighted by molar-refractivity contribution is 5.92. The van der Waals surface area contributed by atoms with E-state index >= 15 is 0 Å². The first-order valence-corrected chi connectivity index (χ1v) is 6.85. The number of nitrogens with zero attached hydrogens (tertiary/aromatic N) is 1. The molecule has 0 saturated carbocycles. The molecule has 0 fully saturated rings. The molecule has 25 heavy (non-hydrogen) atoms. The molecule has 2 aromatic rings. The molecule has 2 rings (SSSR count). The van der Waals surface area contributed by atoms with E-state index in [-0.39, 0.29) is 18.7 Å². The number of carbonyl (C=O) groups is 1. The van der Waals surface area contributed by atoms with Crippen molar-refractivity contribution in [2.75, 3.05) is 7.11 Å². The van der Waals surface area contributed by atoms with E-state index in [4.69, 9.17) is 4.74 Å². The topological polar surface area (TPSA) is 48.4 Å². The first-order valence-electron chi connectivity index (χ1n) is 6.85. The van der Waals surface area contributed by atoms with Crippen molar-refractivity contribution in [3.8, 4) is 11.6 Å². The number of esters is 1. The summed E-state index contributed by atoms with van der Waals surface area (Å²) in [5.74, 6) is -5.71. The minimum atomic E-state index is -5.14. The molecule has 0 N–H and O–H groups in total. The SMILES string of the molecule is COC(=O)c1cc(C(F)(F)F)c(C(C)(F)F)nc1Oc1ccccc1. The minimum Gasteiger partial charge on any atom is -0.465 e. The Morgan fingerprint density at radius 1 is 1.08 bits per heavy atom. The third-order valence-electron chi connectivity index (χ3n) is 3.07. The Balaban J connectivity index is 2.70. The maximum Gasteiger partial charge on any atom is 0.418 e. The number of benzene rings is 1. The highest BCUT2D eigenvalue weighted by Gasteiger charge is 2.43. The molecule has 0 atom stereocenters. The summed E-state index contributed by atoms with van der Waals surface area (Å²) < 4.78 is 76.3. The number of halogens is 5. The van der Waals surface area contributed by atoms with Gasteiger partial charge in [0, 0.05) is 6.92 Å². The number of rotatable bonds is 4. The number of hydrogen-bond donors (Lipinski definition) is 0. The van der Waals surface area contributed by atoms with E-state index in [1.807, 2.05) is 0 Å². The maximum absolute atomic E-state index is 13.6. The summed E-state index contributed by atoms with van der Waals surface area (Å²) in [5, 5.41) is 0. The summed E-state index contributed by atoms with van der Waals surface area (Å²) in [6.45, 7) is 0.273. The van der Waals surface area contributed by atoms with Crippen molar-refractivity contribution in [2.45, 2.75) is 19.0 Å². The van der Waals surface area contributed by atoms with Gasteiger partial charge in [-0.15, -0.1) is 0 Å². The number of alkyl halides is 5. The second kappa shape index (κ2) is 6.66. The van der Waals surface area contributed by atoms with Crippen molar-refractivity contribution in [1.29, 1.82) is 0 Å². The standard InChI is InChI=1S/C16H12F5NO3/c1-15(17,18)12-11(16(19,20)21)8-10(14(23)24-2)13(22-12)25-9-6-4-3-5-7-9/h3-8H,1-2H3. The van der Waals surface area contributed by atoms with Crippen LogP contribution in [0.1, 0.15) is 28.5 Å². The van der Waals surface area contributed by atoms with Crippen LogP contribution in [0.4, 0.5) is 22.0 Å². The van der Waals surface area contributed by atoms with Crippen LogP contribution in [-0.2, 0) is 16.8 Å². The first-order chi connectivity index (χ1) is 11.5. The molecular weight excluding hydrogens is 349 g/mol. The number of pyridine rings is 1. The smallest absolute Gasteiger partial charge is 0.418 e. The van der Waals surface area contributed by atoms with Crippen LogP contribution in [0.5, 0.6) is 11.6 Å². The van der Waals surface area contributed by atoms with Gasteiger partial charge in [-0.3, -0.25) is 0 Å². The van der Waals surface area contributed by atoms with Gasteiger partial charge in [0.2, 0.25) is 5.88 Å². The normalized spacial score (nSPS) is 12.0. The number of aromatic nitrogens is 1. The predicted molar refractivity (Wildman–Crippen MR) is 76.7 cm³/mol. The van der Waals surface area contributed by atoms with Crippen LogP contribution >= 0.6 is 0 Å². The van der Waals surface area contributed by atoms with E-state index in [2.05, 4.69) is 9.72 Å². The molecule has 0 aliphatic carbocycles. The van der Waals surface area contributed by atoms with Crippen molar-refractivity contribution in [2.24, 2.45) is 0 Å². The number of hydrogen-bond acceptors (Lipinski definition) is 4. The van der Waals surface area contributed by atoms with Gasteiger partial charge in [0.25, 0.3) is 5.92 Å². The van der Waals surface area contributed by atoms with Crippen LogP contribution in [0.2, 0.25) is 0 Å². The molecule has 1 heterocycles. The van der Waals surface area contributed by atoms with Gasteiger partial charge >= 0.3 is 12.1 Å². The second-order valence-electron chi connectivity index (χ2n) is 5.03. The number of methoxy groups -OCH3 is 1. The lowest BCUT2D eigenvalue weighted by Gasteiger charge is -2.19. The average molecular weight is 361 g/mol. The van der Waals surface area contributed by atoms with E-state index in [0.29, 0.717) is 0 Å². The predicted octanol–water partition coefficient (Wildman–Crippen LogP) is 4.79. The third kappa shape index (κ3) is 4.23. The Kier molecular flexibility index (Phi) is 4.96. The summed E-state index contributed by atoms with van der Waals surface area (Å²) in [6, 6.07) is 7.83. The quantitative estimate of drug-likeness (QED) is 0.580. The van der Waals surface area contributed by atoms with Gasteiger partial charge in [-0.25, -0.2) is 9.78 Å². The molecule has 0 bridgehead atoms. The Morgan fingerprint density at radius 3 is 2.16 bits per heavy atom. The zero-order chi connectivity index (χ0) is 18.8. The Labute approximate surface area is 139 Å². The summed E-state index contributed by atoms with van der Waals surface area (Å²) in [4.78, 5) is 15.0. The molecule has 9 heteroatoms. The highest BCUT2D eigenvalue weighted by atomic mass is 19.4. The molecule has 1 aromatic heterocycles. The second-order valence-corrected chi connectivity index (χ2v) is 5.03. The molecule has 0 amide bonds. The number of ether oxygens (including phenoxy) is 2. The summed E-state index contributed by atoms with van der Waals surface area (Å²) >= 11 is 0. The molecule has 4 nitrogen and oxygen atoms in total. The van der Waals surface area contributed by atoms with Gasteiger partial charge in [-0.2, -0.15) is 22.0 Å². The fraction of sp³-hybridized carbons (Fsp3) is 0.250. The van der Waals surface area contributed by atoms with Gasteiger partial charge < -0.3 is 9.47 Å². The van der Waals surface area contributed by atoms with Crippen LogP contribution in [0.3, 0.4) is 0 Å². The third-order valence-corrected chi connectivity index (χ3v) is 3.07. The average Bonchev–Trinajstić information content (AvgIpc) is 2.53. The zero-order valence-corrected chi connectivity index (χ0v) is 13.0. The first kappa shape index (κ1) is 18.6. The van der Waals surface area contributed by atoms with E-state index in [9.17, 15) is 26.7 Å². The molecule has 0 saturated heterocycles. The number of carbonyl (C=O) groups excluding carboxylic acids is 1. The van der Waals surface area contributed by atoms with E-state index in [1.54, 1.807) is 18.2 Å². The Bertz CT molecular complexity index is 770. The van der Waals surface area contributed by atoms with Crippen LogP contribution < -0.4 is 4.74 Å². The lowest BCUT2D eigenvalue weighted by molar-refractivity contribution is -0.142. The molecule has 0 spiro atoms. The number of para-hydroxylation sites is 1. The van der Waals surface area contributed by atoms with Gasteiger partial charge in [0.1, 0.15) is 17.0 Å². The molecule has 1 aromatic carbocycles. The summed E-state index contributed by atoms with van der Waals surface area (Å²) in [6.07, 6.45) is -5.14. The van der Waals surface area contributed by atoms with E-state index < -0.39 is 40.8 Å². The monoisotopic (exact) mass is 361 g/mol. The van der Waals surface area contributed by atoms with E-state index in [1.165, 1.54) is 12.1 Å².